The fraction of sp³-hybridized carbons (Fsp3) is 0.258. The van der Waals surface area contributed by atoms with E-state index in [0.29, 0.717) is 46.6 Å². The second-order valence-corrected chi connectivity index (χ2v) is 11.0. The summed E-state index contributed by atoms with van der Waals surface area (Å²) in [5.41, 5.74) is 2.66. The number of para-hydroxylation sites is 1. The second kappa shape index (κ2) is 11.4. The Balaban J connectivity index is 1.40. The number of aromatic nitrogens is 2. The van der Waals surface area contributed by atoms with E-state index in [9.17, 15) is 9.59 Å². The van der Waals surface area contributed by atoms with Crippen molar-refractivity contribution in [3.05, 3.63) is 101 Å². The highest BCUT2D eigenvalue weighted by molar-refractivity contribution is 6.32. The number of rotatable bonds is 8. The van der Waals surface area contributed by atoms with Gasteiger partial charge >= 0.3 is 0 Å². The van der Waals surface area contributed by atoms with E-state index in [0.717, 1.165) is 11.3 Å². The van der Waals surface area contributed by atoms with Gasteiger partial charge in [-0.25, -0.2) is 4.68 Å². The monoisotopic (exact) mass is 558 g/mol. The average Bonchev–Trinajstić information content (AvgIpc) is 3.58. The fourth-order valence-corrected chi connectivity index (χ4v) is 4.59. The number of hydrogen-bond acceptors (Lipinski definition) is 5. The van der Waals surface area contributed by atoms with Crippen LogP contribution in [0, 0.1) is 0 Å². The molecule has 0 saturated carbocycles. The van der Waals surface area contributed by atoms with E-state index in [-0.39, 0.29) is 30.6 Å². The van der Waals surface area contributed by atoms with Gasteiger partial charge in [0.2, 0.25) is 12.7 Å². The van der Waals surface area contributed by atoms with E-state index in [1.165, 1.54) is 0 Å². The molecule has 206 valence electrons. The highest BCUT2D eigenvalue weighted by Crippen LogP contribution is 2.33. The smallest absolute Gasteiger partial charge is 0.254 e. The Labute approximate surface area is 238 Å². The van der Waals surface area contributed by atoms with E-state index < -0.39 is 0 Å². The third-order valence-corrected chi connectivity index (χ3v) is 6.90. The number of nitrogens with one attached hydrogen (secondary N) is 1. The molecule has 0 radical (unpaired) electrons. The van der Waals surface area contributed by atoms with Crippen molar-refractivity contribution in [2.45, 2.75) is 32.6 Å². The van der Waals surface area contributed by atoms with Crippen LogP contribution in [0.4, 0.5) is 5.82 Å². The molecule has 3 aromatic carbocycles. The summed E-state index contributed by atoms with van der Waals surface area (Å²) in [6.45, 7) is 6.46. The number of anilines is 1. The van der Waals surface area contributed by atoms with Crippen LogP contribution in [-0.2, 0) is 16.6 Å². The third-order valence-electron chi connectivity index (χ3n) is 6.58. The molecule has 0 spiro atoms. The van der Waals surface area contributed by atoms with Crippen molar-refractivity contribution in [3.63, 3.8) is 0 Å². The summed E-state index contributed by atoms with van der Waals surface area (Å²) in [7, 11) is 0. The van der Waals surface area contributed by atoms with Crippen LogP contribution in [-0.4, -0.2) is 46.4 Å². The average molecular weight is 559 g/mol. The molecule has 2 heterocycles. The van der Waals surface area contributed by atoms with Crippen LogP contribution in [0.3, 0.4) is 0 Å². The number of ether oxygens (including phenoxy) is 2. The molecule has 4 aromatic rings. The van der Waals surface area contributed by atoms with Gasteiger partial charge in [-0.05, 0) is 42.3 Å². The van der Waals surface area contributed by atoms with E-state index in [2.05, 4.69) is 5.32 Å². The molecule has 1 N–H and O–H groups in total. The van der Waals surface area contributed by atoms with Gasteiger partial charge in [0, 0.05) is 23.6 Å². The van der Waals surface area contributed by atoms with Gasteiger partial charge in [0.15, 0.2) is 11.5 Å². The molecular weight excluding hydrogens is 528 g/mol. The number of hydrogen-bond donors (Lipinski definition) is 1. The Bertz CT molecular complexity index is 1530. The summed E-state index contributed by atoms with van der Waals surface area (Å²) in [6, 6.07) is 24.1. The molecule has 1 aliphatic rings. The molecule has 0 bridgehead atoms. The summed E-state index contributed by atoms with van der Waals surface area (Å²) in [6.07, 6.45) is 0.593. The Morgan fingerprint density at radius 3 is 2.45 bits per heavy atom. The van der Waals surface area contributed by atoms with Gasteiger partial charge in [-0.3, -0.25) is 9.59 Å². The Morgan fingerprint density at radius 1 is 0.975 bits per heavy atom. The van der Waals surface area contributed by atoms with Gasteiger partial charge in [-0.15, -0.1) is 0 Å². The Kier molecular flexibility index (Phi) is 7.80. The predicted octanol–water partition coefficient (Wildman–Crippen LogP) is 5.88. The lowest BCUT2D eigenvalue weighted by Gasteiger charge is -2.23. The molecule has 9 heteroatoms. The maximum Gasteiger partial charge on any atom is 0.254 e. The molecule has 40 heavy (non-hydrogen) atoms. The lowest BCUT2D eigenvalue weighted by Crippen LogP contribution is -2.39. The van der Waals surface area contributed by atoms with Crippen LogP contribution >= 0.6 is 11.6 Å². The molecule has 8 nitrogen and oxygen atoms in total. The zero-order valence-electron chi connectivity index (χ0n) is 22.7. The van der Waals surface area contributed by atoms with Crippen LogP contribution in [0.15, 0.2) is 78.9 Å². The van der Waals surface area contributed by atoms with E-state index in [1.54, 1.807) is 33.8 Å². The van der Waals surface area contributed by atoms with Gasteiger partial charge in [0.25, 0.3) is 5.91 Å². The number of nitrogens with zero attached hydrogens (tertiary/aromatic N) is 3. The topological polar surface area (TPSA) is 85.7 Å². The van der Waals surface area contributed by atoms with Crippen LogP contribution < -0.4 is 14.8 Å². The van der Waals surface area contributed by atoms with Crippen molar-refractivity contribution < 1.29 is 19.1 Å². The number of carbonyl (C=O) groups excluding carboxylic acids is 2. The summed E-state index contributed by atoms with van der Waals surface area (Å²) in [5.74, 6) is 0.945. The summed E-state index contributed by atoms with van der Waals surface area (Å²) < 4.78 is 12.5. The normalized spacial score (nSPS) is 12.3. The first-order chi connectivity index (χ1) is 19.2. The molecular formula is C31H31ClN4O4. The lowest BCUT2D eigenvalue weighted by atomic mass is 9.92. The molecule has 5 rings (SSSR count). The summed E-state index contributed by atoms with van der Waals surface area (Å²) >= 11 is 6.48. The summed E-state index contributed by atoms with van der Waals surface area (Å²) in [5, 5.41) is 8.22. The van der Waals surface area contributed by atoms with E-state index in [1.807, 2.05) is 75.4 Å². The molecule has 0 aliphatic carbocycles. The van der Waals surface area contributed by atoms with Gasteiger partial charge in [0.1, 0.15) is 12.4 Å². The second-order valence-electron chi connectivity index (χ2n) is 10.6. The first-order valence-corrected chi connectivity index (χ1v) is 13.4. The highest BCUT2D eigenvalue weighted by Gasteiger charge is 2.25. The minimum absolute atomic E-state index is 0.114. The van der Waals surface area contributed by atoms with Gasteiger partial charge in [0.05, 0.1) is 16.4 Å². The number of carbonyl (C=O) groups is 2. The van der Waals surface area contributed by atoms with Crippen molar-refractivity contribution in [1.82, 2.24) is 14.7 Å². The Hall–Kier alpha value is -4.30. The molecule has 0 fully saturated rings. The highest BCUT2D eigenvalue weighted by atomic mass is 35.5. The maximum atomic E-state index is 13.6. The maximum absolute atomic E-state index is 13.6. The summed E-state index contributed by atoms with van der Waals surface area (Å²) in [4.78, 5) is 28.6. The lowest BCUT2D eigenvalue weighted by molar-refractivity contribution is -0.116. The molecule has 1 aromatic heterocycles. The Morgan fingerprint density at radius 2 is 1.70 bits per heavy atom. The number of amides is 2. The molecule has 0 atom stereocenters. The van der Waals surface area contributed by atoms with Gasteiger partial charge in [-0.1, -0.05) is 74.8 Å². The SMILES string of the molecule is CC(C)(C)c1cc(NC(=O)CN(CCc2ccccc2)C(=O)c2ccc3c(c2)OCO3)n(-c2ccccc2Cl)n1. The van der Waals surface area contributed by atoms with Crippen LogP contribution in [0.5, 0.6) is 11.5 Å². The molecule has 1 aliphatic heterocycles. The van der Waals surface area contributed by atoms with Crippen molar-refractivity contribution in [3.8, 4) is 17.2 Å². The largest absolute Gasteiger partial charge is 0.454 e. The number of halogens is 1. The van der Waals surface area contributed by atoms with E-state index in [4.69, 9.17) is 26.2 Å². The minimum Gasteiger partial charge on any atom is -0.454 e. The molecule has 0 unspecified atom stereocenters. The predicted molar refractivity (Wildman–Crippen MR) is 155 cm³/mol. The first-order valence-electron chi connectivity index (χ1n) is 13.1. The minimum atomic E-state index is -0.351. The zero-order valence-corrected chi connectivity index (χ0v) is 23.4. The van der Waals surface area contributed by atoms with Crippen molar-refractivity contribution in [1.29, 1.82) is 0 Å². The van der Waals surface area contributed by atoms with Gasteiger partial charge < -0.3 is 19.7 Å². The third kappa shape index (κ3) is 6.13. The van der Waals surface area contributed by atoms with Crippen LogP contribution in [0.1, 0.15) is 42.4 Å². The quantitative estimate of drug-likeness (QED) is 0.292. The molecule has 2 amide bonds. The molecule has 0 saturated heterocycles. The fourth-order valence-electron chi connectivity index (χ4n) is 4.37. The first kappa shape index (κ1) is 27.3. The van der Waals surface area contributed by atoms with Crippen molar-refractivity contribution in [2.24, 2.45) is 0 Å². The van der Waals surface area contributed by atoms with E-state index >= 15 is 0 Å². The zero-order chi connectivity index (χ0) is 28.3. The standard InChI is InChI=1S/C31H31ClN4O4/c1-31(2,3)27-18-28(36(34-27)24-12-8-7-11-23(24)32)33-29(37)19-35(16-15-21-9-5-4-6-10-21)30(38)22-13-14-25-26(17-22)40-20-39-25/h4-14,17-18H,15-16,19-20H2,1-3H3,(H,33,37). The van der Waals surface area contributed by atoms with Crippen molar-refractivity contribution in [2.75, 3.05) is 25.2 Å². The van der Waals surface area contributed by atoms with Crippen LogP contribution in [0.25, 0.3) is 5.69 Å². The number of benzene rings is 3. The number of fused-ring (bicyclic) bond motifs is 1. The van der Waals surface area contributed by atoms with Crippen LogP contribution in [0.2, 0.25) is 5.02 Å². The van der Waals surface area contributed by atoms with Gasteiger partial charge in [-0.2, -0.15) is 5.10 Å². The van der Waals surface area contributed by atoms with Crippen molar-refractivity contribution >= 4 is 29.2 Å².